The van der Waals surface area contributed by atoms with Crippen LogP contribution in [0.5, 0.6) is 0 Å². The molecule has 19 heavy (non-hydrogen) atoms. The number of nitrogens with zero attached hydrogens (tertiary/aromatic N) is 1. The van der Waals surface area contributed by atoms with Gasteiger partial charge in [0.1, 0.15) is 16.3 Å². The van der Waals surface area contributed by atoms with Gasteiger partial charge in [0.25, 0.3) is 5.22 Å². The standard InChI is InChI=1S/C12H15N3O3S/c1-2-14-11(16)5-6-19(17)12-15-9-4-3-8(13)7-10(9)18-12/h3-4,7H,2,5-6,13H2,1H3,(H,14,16). The summed E-state index contributed by atoms with van der Waals surface area (Å²) in [6, 6.07) is 5.04. The highest BCUT2D eigenvalue weighted by Gasteiger charge is 2.14. The summed E-state index contributed by atoms with van der Waals surface area (Å²) in [5.41, 5.74) is 7.29. The molecule has 0 bridgehead atoms. The van der Waals surface area contributed by atoms with Crippen LogP contribution in [0, 0.1) is 0 Å². The maximum absolute atomic E-state index is 12.0. The van der Waals surface area contributed by atoms with Crippen molar-refractivity contribution in [1.82, 2.24) is 10.3 Å². The Labute approximate surface area is 112 Å². The Balaban J connectivity index is 2.07. The lowest BCUT2D eigenvalue weighted by Crippen LogP contribution is -2.24. The highest BCUT2D eigenvalue weighted by Crippen LogP contribution is 2.20. The van der Waals surface area contributed by atoms with E-state index < -0.39 is 10.8 Å². The first kappa shape index (κ1) is 13.5. The number of aromatic nitrogens is 1. The predicted octanol–water partition coefficient (Wildman–Crippen LogP) is 1.04. The molecule has 0 radical (unpaired) electrons. The van der Waals surface area contributed by atoms with Crippen molar-refractivity contribution in [3.8, 4) is 0 Å². The zero-order valence-electron chi connectivity index (χ0n) is 10.5. The third kappa shape index (κ3) is 3.31. The van der Waals surface area contributed by atoms with Gasteiger partial charge in [0, 0.05) is 30.5 Å². The van der Waals surface area contributed by atoms with Crippen LogP contribution in [0.2, 0.25) is 0 Å². The number of nitrogens with one attached hydrogen (secondary N) is 1. The molecule has 6 nitrogen and oxygen atoms in total. The van der Waals surface area contributed by atoms with E-state index in [1.54, 1.807) is 18.2 Å². The number of fused-ring (bicyclic) bond motifs is 1. The molecule has 1 heterocycles. The van der Waals surface area contributed by atoms with E-state index in [0.717, 1.165) is 0 Å². The summed E-state index contributed by atoms with van der Waals surface area (Å²) in [6.45, 7) is 2.40. The van der Waals surface area contributed by atoms with Gasteiger partial charge in [-0.3, -0.25) is 4.79 Å². The van der Waals surface area contributed by atoms with Gasteiger partial charge < -0.3 is 15.5 Å². The average molecular weight is 281 g/mol. The van der Waals surface area contributed by atoms with Gasteiger partial charge in [-0.2, -0.15) is 0 Å². The fourth-order valence-corrected chi connectivity index (χ4v) is 2.50. The Morgan fingerprint density at radius 3 is 3.05 bits per heavy atom. The molecular weight excluding hydrogens is 266 g/mol. The van der Waals surface area contributed by atoms with Crippen molar-refractivity contribution in [3.63, 3.8) is 0 Å². The van der Waals surface area contributed by atoms with Crippen molar-refractivity contribution in [2.24, 2.45) is 0 Å². The number of amides is 1. The van der Waals surface area contributed by atoms with Crippen LogP contribution in [-0.4, -0.2) is 27.4 Å². The van der Waals surface area contributed by atoms with Crippen LogP contribution in [0.4, 0.5) is 5.69 Å². The van der Waals surface area contributed by atoms with E-state index in [4.69, 9.17) is 10.2 Å². The molecule has 1 aromatic heterocycles. The van der Waals surface area contributed by atoms with E-state index in [1.807, 2.05) is 6.92 Å². The first-order chi connectivity index (χ1) is 9.10. The van der Waals surface area contributed by atoms with Crippen molar-refractivity contribution in [1.29, 1.82) is 0 Å². The summed E-state index contributed by atoms with van der Waals surface area (Å²) in [7, 11) is -1.43. The summed E-state index contributed by atoms with van der Waals surface area (Å²) < 4.78 is 17.3. The Morgan fingerprint density at radius 2 is 2.32 bits per heavy atom. The largest absolute Gasteiger partial charge is 0.430 e. The Kier molecular flexibility index (Phi) is 4.16. The molecule has 0 saturated carbocycles. The van der Waals surface area contributed by atoms with Gasteiger partial charge in [-0.25, -0.2) is 9.19 Å². The molecule has 0 aliphatic heterocycles. The molecule has 1 aromatic carbocycles. The zero-order chi connectivity index (χ0) is 13.8. The minimum Gasteiger partial charge on any atom is -0.430 e. The van der Waals surface area contributed by atoms with Crippen LogP contribution < -0.4 is 11.1 Å². The van der Waals surface area contributed by atoms with E-state index in [0.29, 0.717) is 23.3 Å². The smallest absolute Gasteiger partial charge is 0.287 e. The normalized spacial score (nSPS) is 12.5. The average Bonchev–Trinajstić information content (AvgIpc) is 2.79. The van der Waals surface area contributed by atoms with E-state index in [9.17, 15) is 9.00 Å². The number of hydrogen-bond donors (Lipinski definition) is 2. The molecule has 0 fully saturated rings. The lowest BCUT2D eigenvalue weighted by Gasteiger charge is -1.99. The summed E-state index contributed by atoms with van der Waals surface area (Å²) >= 11 is 0. The molecule has 0 aliphatic carbocycles. The molecular formula is C12H15N3O3S. The van der Waals surface area contributed by atoms with Gasteiger partial charge in [0.2, 0.25) is 5.91 Å². The van der Waals surface area contributed by atoms with Crippen molar-refractivity contribution >= 4 is 33.5 Å². The van der Waals surface area contributed by atoms with E-state index >= 15 is 0 Å². The van der Waals surface area contributed by atoms with Gasteiger partial charge in [-0.05, 0) is 19.1 Å². The van der Waals surface area contributed by atoms with Crippen molar-refractivity contribution in [2.75, 3.05) is 18.0 Å². The Hall–Kier alpha value is -1.89. The number of benzene rings is 1. The maximum atomic E-state index is 12.0. The fourth-order valence-electron chi connectivity index (χ4n) is 1.58. The van der Waals surface area contributed by atoms with Crippen LogP contribution in [0.1, 0.15) is 13.3 Å². The number of carbonyl (C=O) groups excluding carboxylic acids is 1. The van der Waals surface area contributed by atoms with Gasteiger partial charge in [0.05, 0.1) is 0 Å². The monoisotopic (exact) mass is 281 g/mol. The topological polar surface area (TPSA) is 98.2 Å². The molecule has 0 spiro atoms. The second-order valence-corrected chi connectivity index (χ2v) is 5.41. The van der Waals surface area contributed by atoms with Crippen LogP contribution in [0.25, 0.3) is 11.1 Å². The summed E-state index contributed by atoms with van der Waals surface area (Å²) in [6.07, 6.45) is 0.182. The molecule has 3 N–H and O–H groups in total. The van der Waals surface area contributed by atoms with Gasteiger partial charge >= 0.3 is 0 Å². The number of rotatable bonds is 5. The number of nitrogen functional groups attached to an aromatic ring is 1. The number of carbonyl (C=O) groups is 1. The van der Waals surface area contributed by atoms with Crippen LogP contribution in [-0.2, 0) is 15.6 Å². The lowest BCUT2D eigenvalue weighted by molar-refractivity contribution is -0.120. The fraction of sp³-hybridized carbons (Fsp3) is 0.333. The number of hydrogen-bond acceptors (Lipinski definition) is 5. The van der Waals surface area contributed by atoms with Crippen molar-refractivity contribution < 1.29 is 13.4 Å². The van der Waals surface area contributed by atoms with E-state index in [2.05, 4.69) is 10.3 Å². The van der Waals surface area contributed by atoms with Crippen LogP contribution in [0.3, 0.4) is 0 Å². The second kappa shape index (κ2) is 5.83. The summed E-state index contributed by atoms with van der Waals surface area (Å²) in [4.78, 5) is 15.4. The quantitative estimate of drug-likeness (QED) is 0.798. The molecule has 1 atom stereocenters. The first-order valence-corrected chi connectivity index (χ1v) is 7.23. The SMILES string of the molecule is CCNC(=O)CCS(=O)c1nc2ccc(N)cc2o1. The van der Waals surface area contributed by atoms with Gasteiger partial charge in [0.15, 0.2) is 5.58 Å². The van der Waals surface area contributed by atoms with E-state index in [-0.39, 0.29) is 23.3 Å². The number of nitrogens with two attached hydrogens (primary N) is 1. The maximum Gasteiger partial charge on any atom is 0.287 e. The minimum absolute atomic E-state index is 0.129. The van der Waals surface area contributed by atoms with Gasteiger partial charge in [-0.1, -0.05) is 0 Å². The third-order valence-corrected chi connectivity index (χ3v) is 3.62. The predicted molar refractivity (Wildman–Crippen MR) is 73.0 cm³/mol. The molecule has 1 amide bonds. The molecule has 2 rings (SSSR count). The zero-order valence-corrected chi connectivity index (χ0v) is 11.3. The minimum atomic E-state index is -1.43. The molecule has 0 aliphatic rings. The first-order valence-electron chi connectivity index (χ1n) is 5.91. The number of anilines is 1. The second-order valence-electron chi connectivity index (χ2n) is 3.96. The molecule has 7 heteroatoms. The molecule has 0 saturated heterocycles. The summed E-state index contributed by atoms with van der Waals surface area (Å²) in [5.74, 6) is 0.0601. The van der Waals surface area contributed by atoms with Crippen molar-refractivity contribution in [3.05, 3.63) is 18.2 Å². The highest BCUT2D eigenvalue weighted by atomic mass is 32.2. The Bertz CT molecular complexity index is 624. The number of oxazole rings is 1. The van der Waals surface area contributed by atoms with Gasteiger partial charge in [-0.15, -0.1) is 0 Å². The third-order valence-electron chi connectivity index (χ3n) is 2.48. The highest BCUT2D eigenvalue weighted by molar-refractivity contribution is 7.84. The summed E-state index contributed by atoms with van der Waals surface area (Å²) in [5, 5.41) is 2.78. The lowest BCUT2D eigenvalue weighted by atomic mass is 10.3. The molecule has 1 unspecified atom stereocenters. The molecule has 2 aromatic rings. The van der Waals surface area contributed by atoms with E-state index in [1.165, 1.54) is 0 Å². The van der Waals surface area contributed by atoms with Crippen LogP contribution >= 0.6 is 0 Å². The van der Waals surface area contributed by atoms with Crippen LogP contribution in [0.15, 0.2) is 27.8 Å². The molecule has 102 valence electrons. The van der Waals surface area contributed by atoms with Crippen molar-refractivity contribution in [2.45, 2.75) is 18.6 Å². The Morgan fingerprint density at radius 1 is 1.53 bits per heavy atom.